The molecular weight excluding hydrogens is 990 g/mol. The Morgan fingerprint density at radius 1 is 0.724 bits per heavy atom. The lowest BCUT2D eigenvalue weighted by Gasteiger charge is -2.22. The predicted octanol–water partition coefficient (Wildman–Crippen LogP) is 7.08. The van der Waals surface area contributed by atoms with Crippen molar-refractivity contribution in [2.75, 3.05) is 41.9 Å². The lowest BCUT2D eigenvalue weighted by molar-refractivity contribution is -0.137. The van der Waals surface area contributed by atoms with E-state index in [1.54, 1.807) is 46.1 Å². The van der Waals surface area contributed by atoms with Crippen molar-refractivity contribution >= 4 is 51.6 Å². The monoisotopic (exact) mass is 1040 g/mol. The number of nitrogens with one attached hydrogen (secondary N) is 3. The molecule has 2 aliphatic rings. The minimum atomic E-state index is -4.55. The Balaban J connectivity index is 0.000000188. The highest BCUT2D eigenvalue weighted by Crippen LogP contribution is 2.34. The first-order valence-corrected chi connectivity index (χ1v) is 25.0. The number of pyridine rings is 3. The Labute approximate surface area is 431 Å². The molecule has 0 bridgehead atoms. The average molecular weight is 1050 g/mol. The quantitative estimate of drug-likeness (QED) is 0.0828. The first kappa shape index (κ1) is 52.3. The number of fused-ring (bicyclic) bond motifs is 2. The van der Waals surface area contributed by atoms with Crippen LogP contribution in [0.4, 0.5) is 35.3 Å². The van der Waals surface area contributed by atoms with E-state index in [-0.39, 0.29) is 70.8 Å². The molecular formula is C52H55F3N14O7. The van der Waals surface area contributed by atoms with Crippen LogP contribution >= 0.6 is 0 Å². The Morgan fingerprint density at radius 3 is 1.72 bits per heavy atom. The third kappa shape index (κ3) is 11.1. The Kier molecular flexibility index (Phi) is 15.2. The molecule has 1 aromatic carbocycles. The van der Waals surface area contributed by atoms with Crippen molar-refractivity contribution < 1.29 is 27.5 Å². The number of nitrogens with zero attached hydrogens (tertiary/aromatic N) is 11. The van der Waals surface area contributed by atoms with Gasteiger partial charge in [-0.15, -0.1) is 0 Å². The van der Waals surface area contributed by atoms with Gasteiger partial charge >= 0.3 is 23.6 Å². The van der Waals surface area contributed by atoms with E-state index in [4.69, 9.17) is 4.74 Å². The van der Waals surface area contributed by atoms with Crippen molar-refractivity contribution in [3.05, 3.63) is 138 Å². The highest BCUT2D eigenvalue weighted by molar-refractivity contribution is 6.01. The number of imidazole rings is 2. The summed E-state index contributed by atoms with van der Waals surface area (Å²) in [6.45, 7) is 6.97. The number of urea groups is 1. The third-order valence-electron chi connectivity index (χ3n) is 12.8. The number of ether oxygens (including phenoxy) is 1. The molecule has 2 fully saturated rings. The number of rotatable bonds is 17. The lowest BCUT2D eigenvalue weighted by atomic mass is 10.2. The molecule has 2 aliphatic carbocycles. The van der Waals surface area contributed by atoms with Crippen LogP contribution in [0.5, 0.6) is 0 Å². The van der Waals surface area contributed by atoms with E-state index >= 15 is 0 Å². The van der Waals surface area contributed by atoms with Gasteiger partial charge in [0.05, 0.1) is 18.7 Å². The van der Waals surface area contributed by atoms with E-state index in [0.717, 1.165) is 49.9 Å². The molecule has 0 unspecified atom stereocenters. The van der Waals surface area contributed by atoms with E-state index in [9.17, 15) is 41.9 Å². The number of benzene rings is 1. The number of alkyl halides is 3. The second kappa shape index (κ2) is 22.1. The molecule has 7 heterocycles. The number of methoxy groups -OCH3 is 1. The summed E-state index contributed by atoms with van der Waals surface area (Å²) in [5, 5.41) is 2.48. The summed E-state index contributed by atoms with van der Waals surface area (Å²) in [4.78, 5) is 109. The first-order valence-electron chi connectivity index (χ1n) is 25.0. The van der Waals surface area contributed by atoms with Crippen LogP contribution in [0.3, 0.4) is 0 Å². The fourth-order valence-corrected chi connectivity index (χ4v) is 8.75. The zero-order chi connectivity index (χ0) is 53.8. The molecule has 7 aromatic heterocycles. The van der Waals surface area contributed by atoms with Gasteiger partial charge in [0.2, 0.25) is 5.91 Å². The van der Waals surface area contributed by atoms with Crippen LogP contribution in [0.1, 0.15) is 82.6 Å². The van der Waals surface area contributed by atoms with Crippen molar-refractivity contribution in [2.45, 2.75) is 97.1 Å². The number of aryl methyl sites for hydroxylation is 2. The molecule has 3 amide bonds. The van der Waals surface area contributed by atoms with Gasteiger partial charge in [0.25, 0.3) is 11.1 Å². The van der Waals surface area contributed by atoms with Crippen molar-refractivity contribution in [1.29, 1.82) is 0 Å². The number of halogens is 3. The number of aromatic nitrogens is 11. The fourth-order valence-electron chi connectivity index (χ4n) is 8.75. The minimum absolute atomic E-state index is 0.0267. The second-order valence-electron chi connectivity index (χ2n) is 18.5. The van der Waals surface area contributed by atoms with E-state index in [1.807, 2.05) is 32.0 Å². The van der Waals surface area contributed by atoms with Crippen LogP contribution in [0.25, 0.3) is 45.1 Å². The van der Waals surface area contributed by atoms with Gasteiger partial charge in [-0.3, -0.25) is 47.4 Å². The zero-order valence-corrected chi connectivity index (χ0v) is 42.1. The molecule has 0 aliphatic heterocycles. The SMILES string of the molecule is CCCn1c(=O)n(C2CC2)c(=O)c2[nH]c(-c3ccc(N(CCOC)C(=O)Nc4cccc(C(F)(F)F)c4)nc3)nc21.CCCn1c(=O)n(C2CC2)c(=O)c2[nH]c(-c3ccc(N(CCc4ccccn4)C(C)=O)nc3)nc21. The fraction of sp³-hybridized carbons (Fsp3) is 0.365. The van der Waals surface area contributed by atoms with E-state index in [1.165, 1.54) is 51.0 Å². The van der Waals surface area contributed by atoms with Gasteiger partial charge in [-0.2, -0.15) is 13.2 Å². The van der Waals surface area contributed by atoms with Gasteiger partial charge in [0.1, 0.15) is 34.3 Å². The number of hydrogen-bond donors (Lipinski definition) is 3. The molecule has 21 nitrogen and oxygen atoms in total. The molecule has 0 spiro atoms. The maximum absolute atomic E-state index is 13.1. The minimum Gasteiger partial charge on any atom is -0.383 e. The molecule has 24 heteroatoms. The molecule has 2 saturated carbocycles. The lowest BCUT2D eigenvalue weighted by Crippen LogP contribution is -2.39. The summed E-state index contributed by atoms with van der Waals surface area (Å²) in [6.07, 6.45) is 5.51. The molecule has 10 rings (SSSR count). The maximum Gasteiger partial charge on any atom is 0.416 e. The Hall–Kier alpha value is -8.54. The second-order valence-corrected chi connectivity index (χ2v) is 18.5. The molecule has 3 N–H and O–H groups in total. The molecule has 8 aromatic rings. The van der Waals surface area contributed by atoms with Gasteiger partial charge in [-0.25, -0.2) is 34.3 Å². The summed E-state index contributed by atoms with van der Waals surface area (Å²) in [5.41, 5.74) is 0.889. The van der Waals surface area contributed by atoms with Crippen molar-refractivity contribution in [1.82, 2.24) is 53.2 Å². The van der Waals surface area contributed by atoms with Crippen LogP contribution in [-0.4, -0.2) is 91.9 Å². The summed E-state index contributed by atoms with van der Waals surface area (Å²) in [6, 6.07) is 15.9. The summed E-state index contributed by atoms with van der Waals surface area (Å²) in [5.74, 6) is 1.40. The smallest absolute Gasteiger partial charge is 0.383 e. The number of H-pyrrole nitrogens is 2. The van der Waals surface area contributed by atoms with Crippen LogP contribution in [0, 0.1) is 0 Å². The van der Waals surface area contributed by atoms with E-state index in [0.29, 0.717) is 72.2 Å². The molecule has 0 atom stereocenters. The average Bonchev–Trinajstić information content (AvgIpc) is 4.34. The molecule has 0 radical (unpaired) electrons. The zero-order valence-electron chi connectivity index (χ0n) is 42.1. The van der Waals surface area contributed by atoms with E-state index in [2.05, 4.69) is 40.2 Å². The van der Waals surface area contributed by atoms with Crippen LogP contribution in [0.15, 0.2) is 104 Å². The highest BCUT2D eigenvalue weighted by Gasteiger charge is 2.33. The number of carbonyl (C=O) groups excluding carboxylic acids is 2. The third-order valence-corrected chi connectivity index (χ3v) is 12.8. The summed E-state index contributed by atoms with van der Waals surface area (Å²) < 4.78 is 50.1. The first-order chi connectivity index (χ1) is 36.6. The standard InChI is InChI=1S/C27H28F3N7O4.C25H27N7O3/c1-3-11-36-23-21(24(38)37(26(36)40)19-8-9-19)33-22(34-23)16-7-10-20(31-15-16)35(12-13-41-2)25(39)32-18-6-4-5-17(14-18)27(28,29)30;1-3-13-31-23-21(24(34)32(25(31)35)19-8-9-19)28-22(29-23)17-7-10-20(27-15-17)30(16(2)33)14-11-18-6-4-5-12-26-18/h4-7,10,14-15,19H,3,8-9,11-13H2,1-2H3,(H,32,39)(H,33,34);4-7,10,12,15,19H,3,8-9,11,13-14H2,1-2H3,(H,28,29). The molecule has 396 valence electrons. The summed E-state index contributed by atoms with van der Waals surface area (Å²) in [7, 11) is 1.45. The topological polar surface area (TPSA) is 246 Å². The normalized spacial score (nSPS) is 13.4. The van der Waals surface area contributed by atoms with Crippen LogP contribution in [-0.2, 0) is 35.2 Å². The van der Waals surface area contributed by atoms with Crippen LogP contribution < -0.4 is 37.6 Å². The van der Waals surface area contributed by atoms with Gasteiger partial charge in [-0.1, -0.05) is 26.0 Å². The maximum atomic E-state index is 13.1. The Morgan fingerprint density at radius 2 is 1.28 bits per heavy atom. The largest absolute Gasteiger partial charge is 0.416 e. The van der Waals surface area contributed by atoms with Crippen LogP contribution in [0.2, 0.25) is 0 Å². The molecule has 0 saturated heterocycles. The van der Waals surface area contributed by atoms with Crippen molar-refractivity contribution in [2.24, 2.45) is 0 Å². The van der Waals surface area contributed by atoms with Crippen molar-refractivity contribution in [3.63, 3.8) is 0 Å². The number of aromatic amines is 2. The number of anilines is 3. The summed E-state index contributed by atoms with van der Waals surface area (Å²) >= 11 is 0. The van der Waals surface area contributed by atoms with Crippen molar-refractivity contribution in [3.8, 4) is 22.8 Å². The number of carbonyl (C=O) groups is 2. The van der Waals surface area contributed by atoms with Gasteiger partial charge in [0, 0.05) is 93.3 Å². The number of amides is 3. The predicted molar refractivity (Wildman–Crippen MR) is 278 cm³/mol. The Bertz CT molecular complexity index is 3650. The van der Waals surface area contributed by atoms with Gasteiger partial charge < -0.3 is 20.0 Å². The highest BCUT2D eigenvalue weighted by atomic mass is 19.4. The van der Waals surface area contributed by atoms with E-state index < -0.39 is 23.3 Å². The van der Waals surface area contributed by atoms with Gasteiger partial charge in [-0.05, 0) is 93.1 Å². The number of hydrogen-bond acceptors (Lipinski definition) is 12. The van der Waals surface area contributed by atoms with Gasteiger partial charge in [0.15, 0.2) is 11.3 Å². The molecule has 76 heavy (non-hydrogen) atoms.